The minimum atomic E-state index is 0. The molecule has 2 aromatic rings. The van der Waals surface area contributed by atoms with Crippen LogP contribution in [0.1, 0.15) is 19.8 Å². The van der Waals surface area contributed by atoms with Crippen LogP contribution in [0.15, 0.2) is 52.5 Å². The standard InChI is InChI=1S/C19H27BrN6.HI/c1-2-22-19(23-9-3-11-25-13-10-21-15-25)24-17-8-12-26(14-17)18-6-4-16(20)5-7-18;/h4-7,10,13,15,17H,2-3,8-9,11-12,14H2,1H3,(H2,22,23,24);1H. The highest BCUT2D eigenvalue weighted by Gasteiger charge is 2.23. The maximum Gasteiger partial charge on any atom is 0.191 e. The predicted molar refractivity (Wildman–Crippen MR) is 126 cm³/mol. The van der Waals surface area contributed by atoms with E-state index in [1.807, 2.05) is 18.7 Å². The average molecular weight is 547 g/mol. The molecule has 1 aromatic heterocycles. The first kappa shape index (κ1) is 22.0. The fourth-order valence-electron chi connectivity index (χ4n) is 3.14. The molecule has 0 bridgehead atoms. The van der Waals surface area contributed by atoms with Gasteiger partial charge in [0.25, 0.3) is 0 Å². The van der Waals surface area contributed by atoms with Gasteiger partial charge in [-0.25, -0.2) is 4.98 Å². The third kappa shape index (κ3) is 6.99. The molecule has 0 saturated carbocycles. The molecule has 1 unspecified atom stereocenters. The first-order valence-corrected chi connectivity index (χ1v) is 10.0. The zero-order valence-corrected chi connectivity index (χ0v) is 19.6. The van der Waals surface area contributed by atoms with E-state index < -0.39 is 0 Å². The second-order valence-electron chi connectivity index (χ2n) is 6.47. The van der Waals surface area contributed by atoms with E-state index in [1.165, 1.54) is 5.69 Å². The van der Waals surface area contributed by atoms with E-state index in [9.17, 15) is 0 Å². The minimum absolute atomic E-state index is 0. The summed E-state index contributed by atoms with van der Waals surface area (Å²) in [5.74, 6) is 0.917. The summed E-state index contributed by atoms with van der Waals surface area (Å²) in [5.41, 5.74) is 1.28. The third-order valence-electron chi connectivity index (χ3n) is 4.47. The van der Waals surface area contributed by atoms with E-state index in [4.69, 9.17) is 4.99 Å². The number of imidazole rings is 1. The van der Waals surface area contributed by atoms with Crippen LogP contribution in [0.2, 0.25) is 0 Å². The van der Waals surface area contributed by atoms with Crippen LogP contribution in [-0.4, -0.2) is 47.7 Å². The SMILES string of the molecule is CCNC(=NCCCn1ccnc1)NC1CCN(c2ccc(Br)cc2)C1.I. The van der Waals surface area contributed by atoms with Gasteiger partial charge in [0.05, 0.1) is 6.33 Å². The summed E-state index contributed by atoms with van der Waals surface area (Å²) in [6, 6.07) is 8.96. The lowest BCUT2D eigenvalue weighted by molar-refractivity contribution is 0.630. The number of aromatic nitrogens is 2. The number of anilines is 1. The molecule has 8 heteroatoms. The smallest absolute Gasteiger partial charge is 0.191 e. The number of hydrogen-bond acceptors (Lipinski definition) is 3. The molecule has 3 rings (SSSR count). The molecule has 1 aliphatic rings. The Morgan fingerprint density at radius 1 is 1.33 bits per heavy atom. The second kappa shape index (κ2) is 11.5. The Morgan fingerprint density at radius 2 is 2.15 bits per heavy atom. The quantitative estimate of drug-likeness (QED) is 0.241. The molecule has 1 fully saturated rings. The lowest BCUT2D eigenvalue weighted by Gasteiger charge is -2.20. The molecule has 2 heterocycles. The lowest BCUT2D eigenvalue weighted by atomic mass is 10.3. The molecule has 1 atom stereocenters. The van der Waals surface area contributed by atoms with Gasteiger partial charge in [-0.3, -0.25) is 4.99 Å². The Hall–Kier alpha value is -1.29. The molecule has 0 spiro atoms. The normalized spacial score (nSPS) is 16.9. The van der Waals surface area contributed by atoms with Gasteiger partial charge in [-0.1, -0.05) is 15.9 Å². The van der Waals surface area contributed by atoms with Gasteiger partial charge in [-0.05, 0) is 44.0 Å². The molecular formula is C19H28BrIN6. The highest BCUT2D eigenvalue weighted by molar-refractivity contribution is 14.0. The zero-order chi connectivity index (χ0) is 18.2. The van der Waals surface area contributed by atoms with Gasteiger partial charge in [0.15, 0.2) is 5.96 Å². The highest BCUT2D eigenvalue weighted by Crippen LogP contribution is 2.22. The fourth-order valence-corrected chi connectivity index (χ4v) is 3.41. The van der Waals surface area contributed by atoms with Crippen molar-refractivity contribution in [2.24, 2.45) is 4.99 Å². The maximum atomic E-state index is 4.72. The Labute approximate surface area is 187 Å². The van der Waals surface area contributed by atoms with Crippen LogP contribution in [0.3, 0.4) is 0 Å². The Bertz CT molecular complexity index is 689. The van der Waals surface area contributed by atoms with Crippen molar-refractivity contribution in [2.75, 3.05) is 31.1 Å². The molecule has 148 valence electrons. The number of aryl methyl sites for hydroxylation is 1. The molecule has 1 saturated heterocycles. The van der Waals surface area contributed by atoms with Crippen LogP contribution in [-0.2, 0) is 6.54 Å². The van der Waals surface area contributed by atoms with Gasteiger partial charge < -0.3 is 20.1 Å². The Morgan fingerprint density at radius 3 is 2.85 bits per heavy atom. The van der Waals surface area contributed by atoms with Crippen molar-refractivity contribution in [1.29, 1.82) is 0 Å². The molecule has 0 radical (unpaired) electrons. The lowest BCUT2D eigenvalue weighted by Crippen LogP contribution is -2.44. The summed E-state index contributed by atoms with van der Waals surface area (Å²) in [7, 11) is 0. The fraction of sp³-hybridized carbons (Fsp3) is 0.474. The van der Waals surface area contributed by atoms with E-state index in [0.717, 1.165) is 56.0 Å². The minimum Gasteiger partial charge on any atom is -0.369 e. The van der Waals surface area contributed by atoms with Crippen molar-refractivity contribution in [1.82, 2.24) is 20.2 Å². The Balaban J connectivity index is 0.00000261. The average Bonchev–Trinajstić information content (AvgIpc) is 3.31. The summed E-state index contributed by atoms with van der Waals surface area (Å²) >= 11 is 3.50. The third-order valence-corrected chi connectivity index (χ3v) is 5.00. The zero-order valence-electron chi connectivity index (χ0n) is 15.6. The number of benzene rings is 1. The van der Waals surface area contributed by atoms with Crippen LogP contribution in [0.5, 0.6) is 0 Å². The summed E-state index contributed by atoms with van der Waals surface area (Å²) in [6.07, 6.45) is 7.77. The van der Waals surface area contributed by atoms with Crippen molar-refractivity contribution in [3.8, 4) is 0 Å². The number of nitrogens with zero attached hydrogens (tertiary/aromatic N) is 4. The van der Waals surface area contributed by atoms with Crippen molar-refractivity contribution < 1.29 is 0 Å². The van der Waals surface area contributed by atoms with Gasteiger partial charge in [0.1, 0.15) is 0 Å². The summed E-state index contributed by atoms with van der Waals surface area (Å²) in [4.78, 5) is 11.2. The van der Waals surface area contributed by atoms with Crippen molar-refractivity contribution >= 4 is 51.6 Å². The molecule has 0 amide bonds. The summed E-state index contributed by atoms with van der Waals surface area (Å²) < 4.78 is 3.20. The molecule has 1 aromatic carbocycles. The van der Waals surface area contributed by atoms with Gasteiger partial charge in [0, 0.05) is 61.3 Å². The second-order valence-corrected chi connectivity index (χ2v) is 7.38. The topological polar surface area (TPSA) is 57.5 Å². The number of halogens is 2. The molecule has 1 aliphatic heterocycles. The van der Waals surface area contributed by atoms with E-state index in [2.05, 4.69) is 72.2 Å². The van der Waals surface area contributed by atoms with Crippen molar-refractivity contribution in [3.63, 3.8) is 0 Å². The van der Waals surface area contributed by atoms with Crippen LogP contribution in [0, 0.1) is 0 Å². The largest absolute Gasteiger partial charge is 0.369 e. The summed E-state index contributed by atoms with van der Waals surface area (Å²) in [6.45, 7) is 6.79. The number of rotatable bonds is 7. The number of guanidine groups is 1. The molecule has 27 heavy (non-hydrogen) atoms. The van der Waals surface area contributed by atoms with Gasteiger partial charge in [-0.2, -0.15) is 0 Å². The highest BCUT2D eigenvalue weighted by atomic mass is 127. The Kier molecular flexibility index (Phi) is 9.40. The first-order valence-electron chi connectivity index (χ1n) is 9.25. The van der Waals surface area contributed by atoms with Crippen LogP contribution < -0.4 is 15.5 Å². The molecule has 6 nitrogen and oxygen atoms in total. The van der Waals surface area contributed by atoms with E-state index in [1.54, 1.807) is 0 Å². The van der Waals surface area contributed by atoms with E-state index >= 15 is 0 Å². The number of nitrogens with one attached hydrogen (secondary N) is 2. The van der Waals surface area contributed by atoms with E-state index in [-0.39, 0.29) is 24.0 Å². The van der Waals surface area contributed by atoms with Gasteiger partial charge in [0.2, 0.25) is 0 Å². The summed E-state index contributed by atoms with van der Waals surface area (Å²) in [5, 5.41) is 6.95. The molecular weight excluding hydrogens is 519 g/mol. The van der Waals surface area contributed by atoms with Crippen LogP contribution in [0.4, 0.5) is 5.69 Å². The van der Waals surface area contributed by atoms with Crippen LogP contribution in [0.25, 0.3) is 0 Å². The van der Waals surface area contributed by atoms with Crippen LogP contribution >= 0.6 is 39.9 Å². The van der Waals surface area contributed by atoms with Gasteiger partial charge in [-0.15, -0.1) is 24.0 Å². The number of hydrogen-bond donors (Lipinski definition) is 2. The first-order chi connectivity index (χ1) is 12.7. The van der Waals surface area contributed by atoms with Crippen molar-refractivity contribution in [3.05, 3.63) is 47.5 Å². The van der Waals surface area contributed by atoms with E-state index in [0.29, 0.717) is 6.04 Å². The maximum absolute atomic E-state index is 4.72. The predicted octanol–water partition coefficient (Wildman–Crippen LogP) is 3.49. The molecule has 2 N–H and O–H groups in total. The number of aliphatic imine (C=N–C) groups is 1. The van der Waals surface area contributed by atoms with Gasteiger partial charge >= 0.3 is 0 Å². The molecule has 0 aliphatic carbocycles. The van der Waals surface area contributed by atoms with Crippen molar-refractivity contribution in [2.45, 2.75) is 32.4 Å². The monoisotopic (exact) mass is 546 g/mol.